The smallest absolute Gasteiger partial charge is 0.322 e. The maximum absolute atomic E-state index is 12.5. The number of anilines is 2. The van der Waals surface area contributed by atoms with Gasteiger partial charge in [0.25, 0.3) is 0 Å². The second-order valence-corrected chi connectivity index (χ2v) is 6.19. The molecule has 128 valence electrons. The Kier molecular flexibility index (Phi) is 5.85. The van der Waals surface area contributed by atoms with Gasteiger partial charge in [-0.3, -0.25) is 0 Å². The van der Waals surface area contributed by atoms with Crippen LogP contribution in [0, 0.1) is 6.92 Å². The summed E-state index contributed by atoms with van der Waals surface area (Å²) in [5.74, 6) is 0. The van der Waals surface area contributed by atoms with E-state index in [9.17, 15) is 4.79 Å². The van der Waals surface area contributed by atoms with E-state index in [-0.39, 0.29) is 12.1 Å². The van der Waals surface area contributed by atoms with Crippen molar-refractivity contribution in [3.05, 3.63) is 59.7 Å². The lowest BCUT2D eigenvalue weighted by Gasteiger charge is -2.26. The van der Waals surface area contributed by atoms with Crippen LogP contribution in [0.1, 0.15) is 31.0 Å². The highest BCUT2D eigenvalue weighted by molar-refractivity contribution is 5.90. The zero-order valence-electron chi connectivity index (χ0n) is 15.2. The minimum atomic E-state index is -0.112. The summed E-state index contributed by atoms with van der Waals surface area (Å²) in [5.41, 5.74) is 4.23. The normalized spacial score (nSPS) is 11.7. The second kappa shape index (κ2) is 7.86. The molecule has 24 heavy (non-hydrogen) atoms. The standard InChI is InChI=1S/C20H27N3O/c1-6-22(4)19-9-7-8-18(14-19)21-20(24)23(5)16(3)17-12-10-15(2)11-13-17/h7-14,16H,6H2,1-5H3,(H,21,24). The van der Waals surface area contributed by atoms with Crippen molar-refractivity contribution in [1.82, 2.24) is 4.90 Å². The molecule has 0 radical (unpaired) electrons. The lowest BCUT2D eigenvalue weighted by atomic mass is 10.1. The van der Waals surface area contributed by atoms with Crippen LogP contribution in [-0.4, -0.2) is 31.6 Å². The van der Waals surface area contributed by atoms with Gasteiger partial charge in [-0.25, -0.2) is 4.79 Å². The average molecular weight is 325 g/mol. The highest BCUT2D eigenvalue weighted by Gasteiger charge is 2.17. The Morgan fingerprint density at radius 2 is 1.79 bits per heavy atom. The molecule has 1 N–H and O–H groups in total. The van der Waals surface area contributed by atoms with Crippen LogP contribution in [0.15, 0.2) is 48.5 Å². The molecule has 0 aliphatic rings. The maximum Gasteiger partial charge on any atom is 0.322 e. The molecular weight excluding hydrogens is 298 g/mol. The second-order valence-electron chi connectivity index (χ2n) is 6.19. The van der Waals surface area contributed by atoms with Crippen LogP contribution in [0.4, 0.5) is 16.2 Å². The van der Waals surface area contributed by atoms with Gasteiger partial charge in [0, 0.05) is 32.0 Å². The number of urea groups is 1. The van der Waals surface area contributed by atoms with E-state index in [1.165, 1.54) is 5.56 Å². The van der Waals surface area contributed by atoms with Gasteiger partial charge in [0.1, 0.15) is 0 Å². The molecule has 0 bridgehead atoms. The van der Waals surface area contributed by atoms with Crippen molar-refractivity contribution < 1.29 is 4.79 Å². The molecule has 2 aromatic carbocycles. The van der Waals surface area contributed by atoms with Gasteiger partial charge < -0.3 is 15.1 Å². The zero-order chi connectivity index (χ0) is 17.7. The summed E-state index contributed by atoms with van der Waals surface area (Å²) >= 11 is 0. The molecule has 1 atom stereocenters. The summed E-state index contributed by atoms with van der Waals surface area (Å²) in [6, 6.07) is 16.1. The third-order valence-electron chi connectivity index (χ3n) is 4.47. The van der Waals surface area contributed by atoms with Gasteiger partial charge in [0.2, 0.25) is 0 Å². The Bertz CT molecular complexity index is 682. The first-order chi connectivity index (χ1) is 11.4. The number of rotatable bonds is 5. The molecule has 0 aromatic heterocycles. The molecule has 4 heteroatoms. The third-order valence-corrected chi connectivity index (χ3v) is 4.47. The van der Waals surface area contributed by atoms with Crippen LogP contribution in [0.2, 0.25) is 0 Å². The van der Waals surface area contributed by atoms with Crippen molar-refractivity contribution in [2.75, 3.05) is 30.9 Å². The van der Waals surface area contributed by atoms with Crippen molar-refractivity contribution in [3.8, 4) is 0 Å². The largest absolute Gasteiger partial charge is 0.375 e. The zero-order valence-corrected chi connectivity index (χ0v) is 15.2. The van der Waals surface area contributed by atoms with Gasteiger partial charge in [-0.2, -0.15) is 0 Å². The van der Waals surface area contributed by atoms with Gasteiger partial charge in [-0.15, -0.1) is 0 Å². The molecular formula is C20H27N3O. The minimum absolute atomic E-state index is 0.00657. The van der Waals surface area contributed by atoms with Crippen molar-refractivity contribution in [2.45, 2.75) is 26.8 Å². The van der Waals surface area contributed by atoms with Crippen molar-refractivity contribution in [3.63, 3.8) is 0 Å². The fourth-order valence-electron chi connectivity index (χ4n) is 2.46. The quantitative estimate of drug-likeness (QED) is 0.866. The van der Waals surface area contributed by atoms with E-state index in [1.54, 1.807) is 4.90 Å². The molecule has 2 aromatic rings. The highest BCUT2D eigenvalue weighted by Crippen LogP contribution is 2.22. The van der Waals surface area contributed by atoms with E-state index in [2.05, 4.69) is 48.3 Å². The molecule has 0 aliphatic heterocycles. The summed E-state index contributed by atoms with van der Waals surface area (Å²) in [4.78, 5) is 16.4. The first kappa shape index (κ1) is 17.9. The van der Waals surface area contributed by atoms with E-state index in [0.29, 0.717) is 0 Å². The fraction of sp³-hybridized carbons (Fsp3) is 0.350. The number of hydrogen-bond acceptors (Lipinski definition) is 2. The molecule has 0 aliphatic carbocycles. The van der Waals surface area contributed by atoms with Crippen LogP contribution < -0.4 is 10.2 Å². The van der Waals surface area contributed by atoms with Gasteiger partial charge in [-0.1, -0.05) is 35.9 Å². The predicted octanol–water partition coefficient (Wildman–Crippen LogP) is 4.68. The third kappa shape index (κ3) is 4.28. The monoisotopic (exact) mass is 325 g/mol. The summed E-state index contributed by atoms with van der Waals surface area (Å²) in [5, 5.41) is 2.98. The summed E-state index contributed by atoms with van der Waals surface area (Å²) in [6.45, 7) is 7.11. The number of nitrogens with zero attached hydrogens (tertiary/aromatic N) is 2. The number of carbonyl (C=O) groups excluding carboxylic acids is 1. The number of carbonyl (C=O) groups is 1. The molecule has 0 spiro atoms. The number of aryl methyl sites for hydroxylation is 1. The summed E-state index contributed by atoms with van der Waals surface area (Å²) < 4.78 is 0. The van der Waals surface area contributed by atoms with Crippen LogP contribution in [0.5, 0.6) is 0 Å². The Morgan fingerprint density at radius 3 is 2.42 bits per heavy atom. The van der Waals surface area contributed by atoms with Crippen molar-refractivity contribution in [1.29, 1.82) is 0 Å². The van der Waals surface area contributed by atoms with Gasteiger partial charge >= 0.3 is 6.03 Å². The van der Waals surface area contributed by atoms with E-state index in [4.69, 9.17) is 0 Å². The minimum Gasteiger partial charge on any atom is -0.375 e. The number of nitrogens with one attached hydrogen (secondary N) is 1. The molecule has 1 unspecified atom stereocenters. The summed E-state index contributed by atoms with van der Waals surface area (Å²) in [7, 11) is 3.86. The molecule has 2 amide bonds. The molecule has 0 saturated heterocycles. The van der Waals surface area contributed by atoms with E-state index in [0.717, 1.165) is 23.5 Å². The first-order valence-electron chi connectivity index (χ1n) is 8.34. The van der Waals surface area contributed by atoms with Crippen LogP contribution >= 0.6 is 0 Å². The van der Waals surface area contributed by atoms with Crippen LogP contribution in [-0.2, 0) is 0 Å². The van der Waals surface area contributed by atoms with Crippen LogP contribution in [0.3, 0.4) is 0 Å². The summed E-state index contributed by atoms with van der Waals surface area (Å²) in [6.07, 6.45) is 0. The molecule has 4 nitrogen and oxygen atoms in total. The first-order valence-corrected chi connectivity index (χ1v) is 8.34. The Hall–Kier alpha value is -2.49. The number of hydrogen-bond donors (Lipinski definition) is 1. The van der Waals surface area contributed by atoms with E-state index in [1.807, 2.05) is 45.3 Å². The highest BCUT2D eigenvalue weighted by atomic mass is 16.2. The predicted molar refractivity (Wildman–Crippen MR) is 102 cm³/mol. The van der Waals surface area contributed by atoms with E-state index >= 15 is 0 Å². The van der Waals surface area contributed by atoms with Crippen LogP contribution in [0.25, 0.3) is 0 Å². The van der Waals surface area contributed by atoms with Crippen molar-refractivity contribution in [2.24, 2.45) is 0 Å². The number of amides is 2. The fourth-order valence-corrected chi connectivity index (χ4v) is 2.46. The topological polar surface area (TPSA) is 35.6 Å². The molecule has 2 rings (SSSR count). The molecule has 0 saturated carbocycles. The average Bonchev–Trinajstić information content (AvgIpc) is 2.60. The Labute approximate surface area is 145 Å². The van der Waals surface area contributed by atoms with Crippen molar-refractivity contribution >= 4 is 17.4 Å². The SMILES string of the molecule is CCN(C)c1cccc(NC(=O)N(C)C(C)c2ccc(C)cc2)c1. The Morgan fingerprint density at radius 1 is 1.12 bits per heavy atom. The Balaban J connectivity index is 2.07. The number of benzene rings is 2. The maximum atomic E-state index is 12.5. The lowest BCUT2D eigenvalue weighted by Crippen LogP contribution is -2.33. The van der Waals surface area contributed by atoms with Gasteiger partial charge in [0.15, 0.2) is 0 Å². The molecule has 0 fully saturated rings. The van der Waals surface area contributed by atoms with Gasteiger partial charge in [-0.05, 0) is 44.5 Å². The van der Waals surface area contributed by atoms with Gasteiger partial charge in [0.05, 0.1) is 6.04 Å². The molecule has 0 heterocycles. The van der Waals surface area contributed by atoms with E-state index < -0.39 is 0 Å². The lowest BCUT2D eigenvalue weighted by molar-refractivity contribution is 0.208.